The average Bonchev–Trinajstić information content (AvgIpc) is 2.83. The highest BCUT2D eigenvalue weighted by Gasteiger charge is 2.09. The van der Waals surface area contributed by atoms with Crippen molar-refractivity contribution in [3.05, 3.63) is 96.1 Å². The smallest absolute Gasteiger partial charge is 0.337 e. The fraction of sp³-hybridized carbons (Fsp3) is 0.0769. The Morgan fingerprint density at radius 2 is 1.45 bits per heavy atom. The molecule has 0 aliphatic rings. The highest BCUT2D eigenvalue weighted by molar-refractivity contribution is 6.06. The van der Waals surface area contributed by atoms with Gasteiger partial charge in [0.05, 0.1) is 19.8 Å². The quantitative estimate of drug-likeness (QED) is 0.437. The Kier molecular flexibility index (Phi) is 5.67. The molecule has 0 aliphatic carbocycles. The van der Waals surface area contributed by atoms with E-state index in [1.54, 1.807) is 25.3 Å². The number of hydrogen-bond donors (Lipinski definition) is 1. The van der Waals surface area contributed by atoms with Gasteiger partial charge in [-0.3, -0.25) is 4.79 Å². The highest BCUT2D eigenvalue weighted by atomic mass is 16.5. The van der Waals surface area contributed by atoms with Crippen molar-refractivity contribution in [2.24, 2.45) is 0 Å². The van der Waals surface area contributed by atoms with Gasteiger partial charge in [-0.05, 0) is 70.4 Å². The number of ether oxygens (including phenoxy) is 2. The minimum Gasteiger partial charge on any atom is -0.497 e. The van der Waals surface area contributed by atoms with Gasteiger partial charge < -0.3 is 14.8 Å². The molecule has 0 radical (unpaired) electrons. The van der Waals surface area contributed by atoms with Gasteiger partial charge in [0, 0.05) is 11.3 Å². The first-order valence-corrected chi connectivity index (χ1v) is 9.75. The van der Waals surface area contributed by atoms with Crippen molar-refractivity contribution in [2.45, 2.75) is 0 Å². The van der Waals surface area contributed by atoms with Gasteiger partial charge in [0.15, 0.2) is 0 Å². The largest absolute Gasteiger partial charge is 0.497 e. The van der Waals surface area contributed by atoms with Crippen molar-refractivity contribution in [2.75, 3.05) is 19.5 Å². The lowest BCUT2D eigenvalue weighted by molar-refractivity contribution is 0.0600. The molecule has 0 atom stereocenters. The molecular formula is C26H21NO4. The van der Waals surface area contributed by atoms with Crippen LogP contribution in [0, 0.1) is 0 Å². The number of methoxy groups -OCH3 is 2. The van der Waals surface area contributed by atoms with Crippen LogP contribution in [0.4, 0.5) is 5.69 Å². The number of esters is 1. The molecule has 5 heteroatoms. The first kappa shape index (κ1) is 20.2. The van der Waals surface area contributed by atoms with Crippen molar-refractivity contribution in [3.8, 4) is 16.9 Å². The van der Waals surface area contributed by atoms with E-state index < -0.39 is 0 Å². The zero-order valence-corrected chi connectivity index (χ0v) is 17.2. The van der Waals surface area contributed by atoms with Crippen LogP contribution in [0.1, 0.15) is 20.7 Å². The van der Waals surface area contributed by atoms with Gasteiger partial charge in [-0.1, -0.05) is 36.4 Å². The van der Waals surface area contributed by atoms with Crippen LogP contribution in [0.5, 0.6) is 5.75 Å². The van der Waals surface area contributed by atoms with E-state index in [1.165, 1.54) is 7.11 Å². The van der Waals surface area contributed by atoms with E-state index in [2.05, 4.69) is 5.32 Å². The summed E-state index contributed by atoms with van der Waals surface area (Å²) in [6.07, 6.45) is 0. The van der Waals surface area contributed by atoms with Gasteiger partial charge in [0.2, 0.25) is 0 Å². The van der Waals surface area contributed by atoms with Gasteiger partial charge in [0.1, 0.15) is 5.75 Å². The predicted octanol–water partition coefficient (Wildman–Crippen LogP) is 5.55. The normalized spacial score (nSPS) is 10.5. The monoisotopic (exact) mass is 411 g/mol. The summed E-state index contributed by atoms with van der Waals surface area (Å²) in [4.78, 5) is 24.4. The molecular weight excluding hydrogens is 390 g/mol. The summed E-state index contributed by atoms with van der Waals surface area (Å²) in [6.45, 7) is 0. The molecule has 4 aromatic rings. The Morgan fingerprint density at radius 1 is 0.710 bits per heavy atom. The predicted molar refractivity (Wildman–Crippen MR) is 122 cm³/mol. The van der Waals surface area contributed by atoms with Crippen molar-refractivity contribution < 1.29 is 19.1 Å². The summed E-state index contributed by atoms with van der Waals surface area (Å²) in [5, 5.41) is 4.90. The van der Waals surface area contributed by atoms with Gasteiger partial charge in [-0.2, -0.15) is 0 Å². The minimum atomic E-state index is -0.375. The lowest BCUT2D eigenvalue weighted by atomic mass is 10.0. The number of hydrogen-bond acceptors (Lipinski definition) is 4. The molecule has 0 saturated carbocycles. The van der Waals surface area contributed by atoms with E-state index in [4.69, 9.17) is 9.47 Å². The van der Waals surface area contributed by atoms with E-state index >= 15 is 0 Å². The molecule has 0 bridgehead atoms. The molecule has 0 heterocycles. The summed E-state index contributed by atoms with van der Waals surface area (Å²) in [5.41, 5.74) is 3.58. The molecule has 0 saturated heterocycles. The third-order valence-electron chi connectivity index (χ3n) is 5.07. The zero-order chi connectivity index (χ0) is 21.8. The molecule has 1 amide bonds. The number of carbonyl (C=O) groups excluding carboxylic acids is 2. The van der Waals surface area contributed by atoms with Gasteiger partial charge >= 0.3 is 5.97 Å². The van der Waals surface area contributed by atoms with Gasteiger partial charge in [-0.25, -0.2) is 4.79 Å². The maximum Gasteiger partial charge on any atom is 0.337 e. The first-order chi connectivity index (χ1) is 15.1. The number of carbonyl (C=O) groups is 2. The molecule has 4 rings (SSSR count). The second-order valence-electron chi connectivity index (χ2n) is 7.03. The second-order valence-corrected chi connectivity index (χ2v) is 7.03. The lowest BCUT2D eigenvalue weighted by Gasteiger charge is -2.09. The van der Waals surface area contributed by atoms with Crippen LogP contribution >= 0.6 is 0 Å². The Hall–Kier alpha value is -4.12. The Balaban J connectivity index is 1.50. The number of nitrogens with one attached hydrogen (secondary N) is 1. The third kappa shape index (κ3) is 4.41. The van der Waals surface area contributed by atoms with Crippen molar-refractivity contribution in [3.63, 3.8) is 0 Å². The SMILES string of the molecule is COC(=O)c1cccc(-c2ccc(NC(=O)c3ccc4cc(OC)ccc4c3)cc2)c1. The number of benzene rings is 4. The number of anilines is 1. The summed E-state index contributed by atoms with van der Waals surface area (Å²) in [5.74, 6) is 0.222. The topological polar surface area (TPSA) is 64.6 Å². The molecule has 0 spiro atoms. The minimum absolute atomic E-state index is 0.182. The average molecular weight is 411 g/mol. The fourth-order valence-electron chi connectivity index (χ4n) is 3.38. The molecule has 0 aromatic heterocycles. The zero-order valence-electron chi connectivity index (χ0n) is 17.2. The standard InChI is InChI=1S/C26H21NO4/c1-30-24-13-10-19-14-21(7-6-20(19)16-24)25(28)27-23-11-8-17(9-12-23)18-4-3-5-22(15-18)26(29)31-2/h3-16H,1-2H3,(H,27,28). The lowest BCUT2D eigenvalue weighted by Crippen LogP contribution is -2.11. The van der Waals surface area contributed by atoms with E-state index in [-0.39, 0.29) is 11.9 Å². The van der Waals surface area contributed by atoms with Crippen LogP contribution < -0.4 is 10.1 Å². The van der Waals surface area contributed by atoms with Gasteiger partial charge in [-0.15, -0.1) is 0 Å². The number of fused-ring (bicyclic) bond motifs is 1. The second kappa shape index (κ2) is 8.71. The van der Waals surface area contributed by atoms with Crippen molar-refractivity contribution in [1.29, 1.82) is 0 Å². The summed E-state index contributed by atoms with van der Waals surface area (Å²) in [6, 6.07) is 26.0. The van der Waals surface area contributed by atoms with Gasteiger partial charge in [0.25, 0.3) is 5.91 Å². The Morgan fingerprint density at radius 3 is 2.19 bits per heavy atom. The highest BCUT2D eigenvalue weighted by Crippen LogP contribution is 2.24. The van der Waals surface area contributed by atoms with Crippen LogP contribution in [0.3, 0.4) is 0 Å². The fourth-order valence-corrected chi connectivity index (χ4v) is 3.38. The van der Waals surface area contributed by atoms with Crippen LogP contribution in [-0.4, -0.2) is 26.1 Å². The Labute approximate surface area is 180 Å². The molecule has 5 nitrogen and oxygen atoms in total. The van der Waals surface area contributed by atoms with Crippen LogP contribution in [0.2, 0.25) is 0 Å². The van der Waals surface area contributed by atoms with E-state index in [0.717, 1.165) is 27.6 Å². The van der Waals surface area contributed by atoms with Crippen LogP contribution in [0.25, 0.3) is 21.9 Å². The van der Waals surface area contributed by atoms with E-state index in [9.17, 15) is 9.59 Å². The van der Waals surface area contributed by atoms with E-state index in [0.29, 0.717) is 16.8 Å². The molecule has 0 fully saturated rings. The number of rotatable bonds is 5. The van der Waals surface area contributed by atoms with E-state index in [1.807, 2.05) is 66.7 Å². The molecule has 31 heavy (non-hydrogen) atoms. The molecule has 4 aromatic carbocycles. The van der Waals surface area contributed by atoms with Crippen LogP contribution in [-0.2, 0) is 4.74 Å². The third-order valence-corrected chi connectivity index (χ3v) is 5.07. The first-order valence-electron chi connectivity index (χ1n) is 9.75. The molecule has 154 valence electrons. The Bertz CT molecular complexity index is 1260. The van der Waals surface area contributed by atoms with Crippen LogP contribution in [0.15, 0.2) is 84.9 Å². The summed E-state index contributed by atoms with van der Waals surface area (Å²) < 4.78 is 10.0. The summed E-state index contributed by atoms with van der Waals surface area (Å²) >= 11 is 0. The molecule has 1 N–H and O–H groups in total. The van der Waals surface area contributed by atoms with Crippen molar-refractivity contribution >= 4 is 28.3 Å². The summed E-state index contributed by atoms with van der Waals surface area (Å²) in [7, 11) is 2.99. The number of amides is 1. The molecule has 0 aliphatic heterocycles. The molecule has 0 unspecified atom stereocenters. The maximum absolute atomic E-state index is 12.7. The van der Waals surface area contributed by atoms with Crippen molar-refractivity contribution in [1.82, 2.24) is 0 Å². The maximum atomic E-state index is 12.7.